The van der Waals surface area contributed by atoms with Gasteiger partial charge < -0.3 is 5.32 Å². The third-order valence-electron chi connectivity index (χ3n) is 2.24. The summed E-state index contributed by atoms with van der Waals surface area (Å²) in [7, 11) is 0. The number of nitrogens with zero attached hydrogens (tertiary/aromatic N) is 1. The van der Waals surface area contributed by atoms with Gasteiger partial charge in [0.05, 0.1) is 0 Å². The van der Waals surface area contributed by atoms with Crippen molar-refractivity contribution in [2.45, 2.75) is 25.8 Å². The minimum absolute atomic E-state index is 0.405. The first-order valence-electron chi connectivity index (χ1n) is 5.09. The fraction of sp³-hybridized carbons (Fsp3) is 0.417. The van der Waals surface area contributed by atoms with Crippen molar-refractivity contribution in [3.05, 3.63) is 42.7 Å². The van der Waals surface area contributed by atoms with Crippen LogP contribution in [0.25, 0.3) is 0 Å². The Morgan fingerprint density at radius 1 is 1.50 bits per heavy atom. The molecule has 0 amide bonds. The molecule has 1 heterocycles. The minimum atomic E-state index is 0.405. The zero-order chi connectivity index (χ0) is 10.2. The molecule has 0 fully saturated rings. The van der Waals surface area contributed by atoms with Gasteiger partial charge in [-0.1, -0.05) is 6.08 Å². The molecule has 0 aliphatic carbocycles. The van der Waals surface area contributed by atoms with E-state index in [1.54, 1.807) is 0 Å². The topological polar surface area (TPSA) is 24.9 Å². The van der Waals surface area contributed by atoms with E-state index in [4.69, 9.17) is 0 Å². The Hall–Kier alpha value is -1.15. The second-order valence-corrected chi connectivity index (χ2v) is 3.39. The smallest absolute Gasteiger partial charge is 0.0292 e. The summed E-state index contributed by atoms with van der Waals surface area (Å²) in [6.07, 6.45) is 7.85. The van der Waals surface area contributed by atoms with Crippen LogP contribution in [0.5, 0.6) is 0 Å². The van der Waals surface area contributed by atoms with Crippen LogP contribution in [0.1, 0.15) is 31.4 Å². The third-order valence-corrected chi connectivity index (χ3v) is 2.24. The largest absolute Gasteiger partial charge is 0.310 e. The van der Waals surface area contributed by atoms with Gasteiger partial charge in [-0.15, -0.1) is 6.58 Å². The molecule has 14 heavy (non-hydrogen) atoms. The molecule has 0 aliphatic heterocycles. The van der Waals surface area contributed by atoms with Crippen LogP contribution >= 0.6 is 0 Å². The number of unbranched alkanes of at least 4 members (excludes halogenated alkanes) is 1. The van der Waals surface area contributed by atoms with Crippen LogP contribution in [0, 0.1) is 0 Å². The van der Waals surface area contributed by atoms with Crippen molar-refractivity contribution < 1.29 is 0 Å². The third kappa shape index (κ3) is 3.71. The molecule has 1 rings (SSSR count). The molecule has 1 N–H and O–H groups in total. The maximum Gasteiger partial charge on any atom is 0.0292 e. The van der Waals surface area contributed by atoms with E-state index < -0.39 is 0 Å². The Morgan fingerprint density at radius 2 is 2.21 bits per heavy atom. The first kappa shape index (κ1) is 10.9. The van der Waals surface area contributed by atoms with Crippen molar-refractivity contribution in [2.75, 3.05) is 6.54 Å². The summed E-state index contributed by atoms with van der Waals surface area (Å²) in [5.41, 5.74) is 1.29. The summed E-state index contributed by atoms with van der Waals surface area (Å²) >= 11 is 0. The summed E-state index contributed by atoms with van der Waals surface area (Å²) in [5, 5.41) is 3.46. The highest BCUT2D eigenvalue weighted by molar-refractivity contribution is 5.13. The van der Waals surface area contributed by atoms with Crippen molar-refractivity contribution in [1.29, 1.82) is 0 Å². The molecule has 76 valence electrons. The number of hydrogen-bond donors (Lipinski definition) is 1. The average Bonchev–Trinajstić information content (AvgIpc) is 2.25. The number of aromatic nitrogens is 1. The molecular weight excluding hydrogens is 172 g/mol. The first-order valence-corrected chi connectivity index (χ1v) is 5.09. The molecule has 0 unspecified atom stereocenters. The summed E-state index contributed by atoms with van der Waals surface area (Å²) in [6.45, 7) is 6.91. The molecule has 1 aromatic rings. The van der Waals surface area contributed by atoms with Crippen molar-refractivity contribution in [3.8, 4) is 0 Å². The van der Waals surface area contributed by atoms with Gasteiger partial charge >= 0.3 is 0 Å². The van der Waals surface area contributed by atoms with Gasteiger partial charge in [-0.3, -0.25) is 4.98 Å². The van der Waals surface area contributed by atoms with Crippen molar-refractivity contribution in [1.82, 2.24) is 10.3 Å². The van der Waals surface area contributed by atoms with Crippen LogP contribution in [0.15, 0.2) is 37.2 Å². The van der Waals surface area contributed by atoms with Gasteiger partial charge in [-0.25, -0.2) is 0 Å². The average molecular weight is 190 g/mol. The zero-order valence-electron chi connectivity index (χ0n) is 8.74. The van der Waals surface area contributed by atoms with Crippen LogP contribution in [-0.2, 0) is 0 Å². The number of rotatable bonds is 6. The van der Waals surface area contributed by atoms with Gasteiger partial charge in [0.15, 0.2) is 0 Å². The van der Waals surface area contributed by atoms with Gasteiger partial charge in [0.1, 0.15) is 0 Å². The summed E-state index contributed by atoms with van der Waals surface area (Å²) in [4.78, 5) is 4.00. The SMILES string of the molecule is C=CCCCN[C@@H](C)c1ccncc1. The lowest BCUT2D eigenvalue weighted by atomic mass is 10.1. The quantitative estimate of drug-likeness (QED) is 0.551. The molecule has 1 aromatic heterocycles. The lowest BCUT2D eigenvalue weighted by Crippen LogP contribution is -2.19. The lowest BCUT2D eigenvalue weighted by molar-refractivity contribution is 0.560. The molecule has 0 radical (unpaired) electrons. The highest BCUT2D eigenvalue weighted by Crippen LogP contribution is 2.09. The van der Waals surface area contributed by atoms with Crippen LogP contribution in [0.3, 0.4) is 0 Å². The van der Waals surface area contributed by atoms with Crippen LogP contribution < -0.4 is 5.32 Å². The molecule has 0 saturated carbocycles. The maximum absolute atomic E-state index is 4.00. The molecular formula is C12H18N2. The summed E-state index contributed by atoms with van der Waals surface area (Å²) in [6, 6.07) is 4.50. The Labute approximate surface area is 86.1 Å². The predicted molar refractivity (Wildman–Crippen MR) is 60.1 cm³/mol. The zero-order valence-corrected chi connectivity index (χ0v) is 8.74. The monoisotopic (exact) mass is 190 g/mol. The van der Waals surface area contributed by atoms with Crippen molar-refractivity contribution in [3.63, 3.8) is 0 Å². The first-order chi connectivity index (χ1) is 6.84. The fourth-order valence-corrected chi connectivity index (χ4v) is 1.33. The highest BCUT2D eigenvalue weighted by atomic mass is 14.9. The Balaban J connectivity index is 2.28. The van der Waals surface area contributed by atoms with Gasteiger partial charge in [0.2, 0.25) is 0 Å². The molecule has 0 bridgehead atoms. The Kier molecular flexibility index (Phi) is 4.94. The highest BCUT2D eigenvalue weighted by Gasteiger charge is 2.01. The second kappa shape index (κ2) is 6.33. The van der Waals surface area contributed by atoms with E-state index in [-0.39, 0.29) is 0 Å². The molecule has 2 heteroatoms. The van der Waals surface area contributed by atoms with E-state index in [1.165, 1.54) is 5.56 Å². The Morgan fingerprint density at radius 3 is 2.86 bits per heavy atom. The number of pyridine rings is 1. The van der Waals surface area contributed by atoms with Gasteiger partial charge in [0, 0.05) is 18.4 Å². The normalized spacial score (nSPS) is 12.4. The van der Waals surface area contributed by atoms with Gasteiger partial charge in [-0.05, 0) is 44.0 Å². The molecule has 2 nitrogen and oxygen atoms in total. The molecule has 1 atom stereocenters. The predicted octanol–water partition coefficient (Wildman–Crippen LogP) is 2.70. The van der Waals surface area contributed by atoms with E-state index in [0.29, 0.717) is 6.04 Å². The van der Waals surface area contributed by atoms with Gasteiger partial charge in [-0.2, -0.15) is 0 Å². The number of nitrogens with one attached hydrogen (secondary N) is 1. The Bertz CT molecular complexity index is 256. The molecule has 0 aliphatic rings. The van der Waals surface area contributed by atoms with E-state index in [9.17, 15) is 0 Å². The summed E-state index contributed by atoms with van der Waals surface area (Å²) < 4.78 is 0. The van der Waals surface area contributed by atoms with Crippen molar-refractivity contribution >= 4 is 0 Å². The number of allylic oxidation sites excluding steroid dienone is 1. The van der Waals surface area contributed by atoms with Crippen molar-refractivity contribution in [2.24, 2.45) is 0 Å². The maximum atomic E-state index is 4.00. The second-order valence-electron chi connectivity index (χ2n) is 3.39. The standard InChI is InChI=1S/C12H18N2/c1-3-4-5-8-14-11(2)12-6-9-13-10-7-12/h3,6-7,9-11,14H,1,4-5,8H2,2H3/t11-/m0/s1. The fourth-order valence-electron chi connectivity index (χ4n) is 1.33. The van der Waals surface area contributed by atoms with Crippen LogP contribution in [-0.4, -0.2) is 11.5 Å². The van der Waals surface area contributed by atoms with Crippen LogP contribution in [0.2, 0.25) is 0 Å². The molecule has 0 aromatic carbocycles. The van der Waals surface area contributed by atoms with E-state index in [0.717, 1.165) is 19.4 Å². The van der Waals surface area contributed by atoms with E-state index in [1.807, 2.05) is 30.6 Å². The molecule has 0 saturated heterocycles. The molecule has 0 spiro atoms. The van der Waals surface area contributed by atoms with E-state index in [2.05, 4.69) is 23.8 Å². The summed E-state index contributed by atoms with van der Waals surface area (Å²) in [5.74, 6) is 0. The van der Waals surface area contributed by atoms with Gasteiger partial charge in [0.25, 0.3) is 0 Å². The van der Waals surface area contributed by atoms with E-state index >= 15 is 0 Å². The van der Waals surface area contributed by atoms with Crippen LogP contribution in [0.4, 0.5) is 0 Å². The number of hydrogen-bond acceptors (Lipinski definition) is 2. The minimum Gasteiger partial charge on any atom is -0.310 e. The lowest BCUT2D eigenvalue weighted by Gasteiger charge is -2.13.